The molecule has 2 aliphatic rings. The predicted octanol–water partition coefficient (Wildman–Crippen LogP) is 3.05. The molecule has 2 heterocycles. The van der Waals surface area contributed by atoms with E-state index in [4.69, 9.17) is 0 Å². The van der Waals surface area contributed by atoms with Crippen LogP contribution in [0.1, 0.15) is 57.7 Å². The molecule has 0 unspecified atom stereocenters. The van der Waals surface area contributed by atoms with Crippen LogP contribution in [0.25, 0.3) is 0 Å². The first-order valence-electron chi connectivity index (χ1n) is 10.2. The van der Waals surface area contributed by atoms with Crippen LogP contribution in [0.3, 0.4) is 0 Å². The minimum Gasteiger partial charge on any atom is -0.299 e. The number of nitrogens with zero attached hydrogens (tertiary/aromatic N) is 2. The number of fused-ring (bicyclic) bond motifs is 1. The maximum absolute atomic E-state index is 13.1. The van der Waals surface area contributed by atoms with Crippen LogP contribution in [0.15, 0.2) is 30.5 Å². The van der Waals surface area contributed by atoms with Gasteiger partial charge in [0, 0.05) is 41.9 Å². The summed E-state index contributed by atoms with van der Waals surface area (Å²) in [5.74, 6) is -0.427. The second-order valence-corrected chi connectivity index (χ2v) is 10.1. The second-order valence-electron chi connectivity index (χ2n) is 8.23. The topological polar surface area (TPSA) is 76.5 Å². The lowest BCUT2D eigenvalue weighted by Gasteiger charge is -2.31. The van der Waals surface area contributed by atoms with E-state index < -0.39 is 10.0 Å². The van der Waals surface area contributed by atoms with E-state index in [0.29, 0.717) is 68.6 Å². The monoisotopic (exact) mass is 432 g/mol. The van der Waals surface area contributed by atoms with Crippen molar-refractivity contribution in [3.63, 3.8) is 0 Å². The van der Waals surface area contributed by atoms with Gasteiger partial charge in [-0.25, -0.2) is 16.8 Å². The molecule has 1 aromatic carbocycles. The molecule has 8 heteroatoms. The van der Waals surface area contributed by atoms with E-state index in [0.717, 1.165) is 11.8 Å². The summed E-state index contributed by atoms with van der Waals surface area (Å²) in [7, 11) is -3.47. The number of carbonyl (C=O) groups excluding carboxylic acids is 2. The van der Waals surface area contributed by atoms with Crippen molar-refractivity contribution in [1.29, 1.82) is 0 Å². The summed E-state index contributed by atoms with van der Waals surface area (Å²) in [5.41, 5.74) is 2.45. The van der Waals surface area contributed by atoms with E-state index >= 15 is 0 Å². The van der Waals surface area contributed by atoms with E-state index in [1.165, 1.54) is 28.2 Å². The lowest BCUT2D eigenvalue weighted by atomic mass is 9.88. The summed E-state index contributed by atoms with van der Waals surface area (Å²) in [6, 6.07) is 5.65. The lowest BCUT2D eigenvalue weighted by Crippen LogP contribution is -2.36. The lowest BCUT2D eigenvalue weighted by molar-refractivity contribution is 0.0834. The Morgan fingerprint density at radius 1 is 1.13 bits per heavy atom. The normalized spacial score (nSPS) is 18.4. The van der Waals surface area contributed by atoms with Crippen LogP contribution in [-0.2, 0) is 23.0 Å². The minimum absolute atomic E-state index is 0.00928. The van der Waals surface area contributed by atoms with Crippen LogP contribution in [0, 0.1) is 11.7 Å². The number of piperidine rings is 1. The molecule has 6 nitrogen and oxygen atoms in total. The molecule has 2 aromatic rings. The highest BCUT2D eigenvalue weighted by Gasteiger charge is 2.31. The molecule has 30 heavy (non-hydrogen) atoms. The van der Waals surface area contributed by atoms with Crippen molar-refractivity contribution in [2.24, 2.45) is 5.92 Å². The fourth-order valence-electron chi connectivity index (χ4n) is 4.56. The van der Waals surface area contributed by atoms with Gasteiger partial charge in [-0.3, -0.25) is 14.5 Å². The second kappa shape index (κ2) is 8.07. The van der Waals surface area contributed by atoms with Crippen LogP contribution in [0.5, 0.6) is 0 Å². The Hall–Kier alpha value is -2.32. The number of rotatable bonds is 5. The number of hydrogen-bond donors (Lipinski definition) is 0. The maximum Gasteiger partial charge on any atom is 0.235 e. The Morgan fingerprint density at radius 3 is 2.43 bits per heavy atom. The van der Waals surface area contributed by atoms with Crippen LogP contribution in [0.4, 0.5) is 4.39 Å². The third-order valence-electron chi connectivity index (χ3n) is 6.08. The van der Waals surface area contributed by atoms with Crippen molar-refractivity contribution < 1.29 is 22.4 Å². The largest absolute Gasteiger partial charge is 0.299 e. The Balaban J connectivity index is 1.47. The highest BCUT2D eigenvalue weighted by molar-refractivity contribution is 7.89. The Kier molecular flexibility index (Phi) is 5.63. The number of halogens is 1. The third kappa shape index (κ3) is 4.11. The van der Waals surface area contributed by atoms with Gasteiger partial charge in [0.25, 0.3) is 0 Å². The Bertz CT molecular complexity index is 1080. The summed E-state index contributed by atoms with van der Waals surface area (Å²) in [6.07, 6.45) is 5.81. The van der Waals surface area contributed by atoms with E-state index in [2.05, 4.69) is 4.90 Å². The molecular formula is C22H25FN2O4S. The number of carbonyl (C=O) groups is 2. The quantitative estimate of drug-likeness (QED) is 0.679. The summed E-state index contributed by atoms with van der Waals surface area (Å²) in [4.78, 5) is 27.3. The van der Waals surface area contributed by atoms with Crippen molar-refractivity contribution in [3.8, 4) is 0 Å². The molecule has 0 spiro atoms. The number of aromatic nitrogens is 1. The standard InChI is InChI=1S/C22H25FN2O4S/c1-30(28,29)25-14-17(21-19(25)3-2-4-20(21)26)13-24-11-9-16(10-12-24)22(27)15-5-7-18(23)8-6-15/h5-8,14,16H,2-4,9-13H2,1H3. The van der Waals surface area contributed by atoms with Gasteiger partial charge in [0.1, 0.15) is 5.82 Å². The molecule has 0 radical (unpaired) electrons. The first-order valence-corrected chi connectivity index (χ1v) is 12.1. The highest BCUT2D eigenvalue weighted by Crippen LogP contribution is 2.30. The number of likely N-dealkylation sites (tertiary alicyclic amines) is 1. The predicted molar refractivity (Wildman–Crippen MR) is 111 cm³/mol. The van der Waals surface area contributed by atoms with Crippen molar-refractivity contribution in [2.75, 3.05) is 19.3 Å². The Labute approximate surface area is 175 Å². The van der Waals surface area contributed by atoms with Gasteiger partial charge < -0.3 is 0 Å². The molecule has 1 aliphatic heterocycles. The summed E-state index contributed by atoms with van der Waals surface area (Å²) >= 11 is 0. The Morgan fingerprint density at radius 2 is 1.80 bits per heavy atom. The molecule has 0 amide bonds. The van der Waals surface area contributed by atoms with Crippen molar-refractivity contribution >= 4 is 21.6 Å². The smallest absolute Gasteiger partial charge is 0.235 e. The van der Waals surface area contributed by atoms with Crippen LogP contribution in [-0.4, -0.2) is 48.2 Å². The molecule has 1 saturated heterocycles. The van der Waals surface area contributed by atoms with Gasteiger partial charge in [-0.05, 0) is 68.6 Å². The first-order chi connectivity index (χ1) is 14.2. The van der Waals surface area contributed by atoms with Gasteiger partial charge in [0.2, 0.25) is 10.0 Å². The molecule has 1 aromatic heterocycles. The van der Waals surface area contributed by atoms with E-state index in [-0.39, 0.29) is 23.3 Å². The third-order valence-corrected chi connectivity index (χ3v) is 7.12. The minimum atomic E-state index is -3.47. The average Bonchev–Trinajstić information content (AvgIpc) is 3.09. The van der Waals surface area contributed by atoms with Gasteiger partial charge in [-0.2, -0.15) is 0 Å². The SMILES string of the molecule is CS(=O)(=O)n1cc(CN2CCC(C(=O)c3ccc(F)cc3)CC2)c2c1CCCC2=O. The van der Waals surface area contributed by atoms with Crippen LogP contribution < -0.4 is 0 Å². The molecule has 1 aliphatic carbocycles. The fourth-order valence-corrected chi connectivity index (χ4v) is 5.46. The van der Waals surface area contributed by atoms with E-state index in [1.54, 1.807) is 6.20 Å². The van der Waals surface area contributed by atoms with E-state index in [1.807, 2.05) is 0 Å². The molecule has 0 saturated carbocycles. The van der Waals surface area contributed by atoms with Gasteiger partial charge in [0.05, 0.1) is 6.26 Å². The number of benzene rings is 1. The molecule has 0 atom stereocenters. The number of Topliss-reactive ketones (excluding diaryl/α,β-unsaturated/α-hetero) is 2. The van der Waals surface area contributed by atoms with Crippen LogP contribution in [0.2, 0.25) is 0 Å². The molecular weight excluding hydrogens is 407 g/mol. The summed E-state index contributed by atoms with van der Waals surface area (Å²) < 4.78 is 38.7. The molecule has 0 N–H and O–H groups in total. The zero-order chi connectivity index (χ0) is 21.5. The van der Waals surface area contributed by atoms with Gasteiger partial charge in [-0.15, -0.1) is 0 Å². The number of hydrogen-bond acceptors (Lipinski definition) is 5. The number of ketones is 2. The van der Waals surface area contributed by atoms with Crippen molar-refractivity contribution in [2.45, 2.75) is 38.6 Å². The highest BCUT2D eigenvalue weighted by atomic mass is 32.2. The van der Waals surface area contributed by atoms with Gasteiger partial charge in [-0.1, -0.05) is 0 Å². The molecule has 4 rings (SSSR count). The fraction of sp³-hybridized carbons (Fsp3) is 0.455. The maximum atomic E-state index is 13.1. The van der Waals surface area contributed by atoms with Crippen molar-refractivity contribution in [1.82, 2.24) is 8.87 Å². The van der Waals surface area contributed by atoms with Gasteiger partial charge in [0.15, 0.2) is 11.6 Å². The average molecular weight is 433 g/mol. The van der Waals surface area contributed by atoms with Crippen molar-refractivity contribution in [3.05, 3.63) is 58.7 Å². The molecule has 1 fully saturated rings. The summed E-state index contributed by atoms with van der Waals surface area (Å²) in [5, 5.41) is 0. The molecule has 0 bridgehead atoms. The zero-order valence-corrected chi connectivity index (χ0v) is 17.8. The zero-order valence-electron chi connectivity index (χ0n) is 16.9. The van der Waals surface area contributed by atoms with Crippen LogP contribution >= 0.6 is 0 Å². The van der Waals surface area contributed by atoms with E-state index in [9.17, 15) is 22.4 Å². The van der Waals surface area contributed by atoms with Gasteiger partial charge >= 0.3 is 0 Å². The molecule has 160 valence electrons. The first kappa shape index (κ1) is 20.9. The summed E-state index contributed by atoms with van der Waals surface area (Å²) in [6.45, 7) is 1.86.